The van der Waals surface area contributed by atoms with E-state index in [0.717, 1.165) is 5.56 Å². The van der Waals surface area contributed by atoms with Gasteiger partial charge in [-0.3, -0.25) is 14.5 Å². The molecule has 10 nitrogen and oxygen atoms in total. The number of likely N-dealkylation sites (N-methyl/N-ethyl adjacent to an activating group) is 1. The number of carbonyl (C=O) groups excluding carboxylic acids is 2. The second kappa shape index (κ2) is 8.96. The number of ether oxygens (including phenoxy) is 1. The lowest BCUT2D eigenvalue weighted by Gasteiger charge is -2.20. The van der Waals surface area contributed by atoms with E-state index in [1.807, 2.05) is 30.3 Å². The van der Waals surface area contributed by atoms with Crippen molar-refractivity contribution >= 4 is 17.6 Å². The zero-order valence-corrected chi connectivity index (χ0v) is 19.0. The number of hydrogen-bond donors (Lipinski definition) is 2. The number of primary amides is 1. The fourth-order valence-corrected chi connectivity index (χ4v) is 3.43. The van der Waals surface area contributed by atoms with Gasteiger partial charge in [0.15, 0.2) is 17.6 Å². The molecule has 4 rings (SSSR count). The number of benzene rings is 1. The van der Waals surface area contributed by atoms with Crippen molar-refractivity contribution in [2.75, 3.05) is 18.6 Å². The maximum Gasteiger partial charge on any atom is 0.288 e. The summed E-state index contributed by atoms with van der Waals surface area (Å²) < 4.78 is 7.30. The molecular formula is C24H24N6O4. The summed E-state index contributed by atoms with van der Waals surface area (Å²) in [6.45, 7) is 3.09. The van der Waals surface area contributed by atoms with Gasteiger partial charge in [0.05, 0.1) is 0 Å². The van der Waals surface area contributed by atoms with Crippen molar-refractivity contribution in [1.29, 1.82) is 0 Å². The summed E-state index contributed by atoms with van der Waals surface area (Å²) in [4.78, 5) is 35.3. The average Bonchev–Trinajstić information content (AvgIpc) is 3.16. The Labute approximate surface area is 196 Å². The van der Waals surface area contributed by atoms with E-state index in [1.54, 1.807) is 33.0 Å². The van der Waals surface area contributed by atoms with E-state index < -0.39 is 17.6 Å². The van der Waals surface area contributed by atoms with Gasteiger partial charge in [-0.25, -0.2) is 14.6 Å². The number of anilines is 1. The second-order valence-corrected chi connectivity index (χ2v) is 8.37. The van der Waals surface area contributed by atoms with Crippen LogP contribution in [-0.4, -0.2) is 55.9 Å². The number of aromatic nitrogens is 4. The molecule has 10 heteroatoms. The molecule has 0 unspecified atom stereocenters. The third kappa shape index (κ3) is 4.89. The van der Waals surface area contributed by atoms with Crippen LogP contribution >= 0.6 is 0 Å². The van der Waals surface area contributed by atoms with Crippen molar-refractivity contribution in [2.45, 2.75) is 31.9 Å². The standard InChI is InChI=1S/C24H24N6O4/c1-24(2,33)12-11-16-9-10-18-22(26-16)29(3)23(32)17(14-34-18)30-19(27-21(28-30)20(25)31)13-15-7-5-4-6-8-15/h4-10,17,33H,13-14H2,1-3H3,(H2,25,31)/t17-/m0/s1. The molecule has 1 atom stereocenters. The Hall–Kier alpha value is -4.23. The molecule has 3 heterocycles. The summed E-state index contributed by atoms with van der Waals surface area (Å²) in [5, 5.41) is 14.1. The zero-order chi connectivity index (χ0) is 24.5. The molecule has 34 heavy (non-hydrogen) atoms. The fourth-order valence-electron chi connectivity index (χ4n) is 3.43. The first-order valence-electron chi connectivity index (χ1n) is 10.6. The molecule has 1 aliphatic heterocycles. The average molecular weight is 460 g/mol. The van der Waals surface area contributed by atoms with Crippen LogP contribution in [0.5, 0.6) is 5.75 Å². The van der Waals surface area contributed by atoms with Gasteiger partial charge in [0, 0.05) is 13.5 Å². The summed E-state index contributed by atoms with van der Waals surface area (Å²) in [6.07, 6.45) is 0.344. The first kappa shape index (κ1) is 22.9. The zero-order valence-electron chi connectivity index (χ0n) is 19.0. The quantitative estimate of drug-likeness (QED) is 0.556. The molecule has 3 aromatic rings. The maximum atomic E-state index is 13.4. The minimum atomic E-state index is -1.18. The molecule has 2 aromatic heterocycles. The summed E-state index contributed by atoms with van der Waals surface area (Å²) in [5.41, 5.74) is 5.54. The molecule has 2 amide bonds. The number of aliphatic hydroxyl groups is 1. The number of pyridine rings is 1. The van der Waals surface area contributed by atoms with E-state index in [4.69, 9.17) is 10.5 Å². The molecule has 1 aliphatic rings. The highest BCUT2D eigenvalue weighted by Gasteiger charge is 2.34. The van der Waals surface area contributed by atoms with Crippen molar-refractivity contribution in [3.63, 3.8) is 0 Å². The smallest absolute Gasteiger partial charge is 0.288 e. The summed E-state index contributed by atoms with van der Waals surface area (Å²) >= 11 is 0. The fraction of sp³-hybridized carbons (Fsp3) is 0.292. The molecular weight excluding hydrogens is 436 g/mol. The van der Waals surface area contributed by atoms with Crippen molar-refractivity contribution < 1.29 is 19.4 Å². The van der Waals surface area contributed by atoms with Crippen LogP contribution in [0, 0.1) is 11.8 Å². The van der Waals surface area contributed by atoms with Crippen LogP contribution in [0.1, 0.15) is 47.6 Å². The Morgan fingerprint density at radius 3 is 2.65 bits per heavy atom. The first-order valence-corrected chi connectivity index (χ1v) is 10.6. The minimum Gasteiger partial charge on any atom is -0.487 e. The van der Waals surface area contributed by atoms with Gasteiger partial charge in [-0.05, 0) is 37.5 Å². The number of nitrogens with zero attached hydrogens (tertiary/aromatic N) is 5. The lowest BCUT2D eigenvalue weighted by molar-refractivity contribution is -0.122. The van der Waals surface area contributed by atoms with Gasteiger partial charge in [-0.2, -0.15) is 0 Å². The summed E-state index contributed by atoms with van der Waals surface area (Å²) in [7, 11) is 1.58. The van der Waals surface area contributed by atoms with Crippen molar-refractivity contribution in [2.24, 2.45) is 5.73 Å². The van der Waals surface area contributed by atoms with Crippen molar-refractivity contribution in [3.8, 4) is 17.6 Å². The molecule has 0 saturated heterocycles. The van der Waals surface area contributed by atoms with Crippen LogP contribution in [-0.2, 0) is 11.2 Å². The Morgan fingerprint density at radius 2 is 1.97 bits per heavy atom. The highest BCUT2D eigenvalue weighted by Crippen LogP contribution is 2.31. The Balaban J connectivity index is 1.69. The Morgan fingerprint density at radius 1 is 1.24 bits per heavy atom. The molecule has 0 aliphatic carbocycles. The SMILES string of the molecule is CN1C(=O)[C@@H](n2nc(C(N)=O)nc2Cc2ccccc2)COc2ccc(C#CC(C)(C)O)nc21. The van der Waals surface area contributed by atoms with Crippen LogP contribution in [0.2, 0.25) is 0 Å². The number of carbonyl (C=O) groups is 2. The van der Waals surface area contributed by atoms with E-state index in [0.29, 0.717) is 23.7 Å². The molecule has 3 N–H and O–H groups in total. The Bertz CT molecular complexity index is 1300. The molecule has 0 fully saturated rings. The maximum absolute atomic E-state index is 13.4. The molecule has 0 bridgehead atoms. The highest BCUT2D eigenvalue weighted by atomic mass is 16.5. The lowest BCUT2D eigenvalue weighted by atomic mass is 10.1. The van der Waals surface area contributed by atoms with Gasteiger partial charge in [0.2, 0.25) is 5.82 Å². The Kier molecular flexibility index (Phi) is 6.04. The van der Waals surface area contributed by atoms with E-state index in [2.05, 4.69) is 26.9 Å². The first-order chi connectivity index (χ1) is 16.1. The molecule has 0 saturated carbocycles. The number of nitrogens with two attached hydrogens (primary N) is 1. The molecule has 0 radical (unpaired) electrons. The predicted octanol–water partition coefficient (Wildman–Crippen LogP) is 1.08. The predicted molar refractivity (Wildman–Crippen MR) is 123 cm³/mol. The monoisotopic (exact) mass is 460 g/mol. The van der Waals surface area contributed by atoms with Gasteiger partial charge in [-0.15, -0.1) is 5.10 Å². The van der Waals surface area contributed by atoms with Crippen molar-refractivity contribution in [1.82, 2.24) is 19.7 Å². The second-order valence-electron chi connectivity index (χ2n) is 8.37. The van der Waals surface area contributed by atoms with Gasteiger partial charge < -0.3 is 15.6 Å². The van der Waals surface area contributed by atoms with Gasteiger partial charge >= 0.3 is 0 Å². The summed E-state index contributed by atoms with van der Waals surface area (Å²) in [5.74, 6) is 5.27. The van der Waals surface area contributed by atoms with Gasteiger partial charge in [0.25, 0.3) is 11.8 Å². The van der Waals surface area contributed by atoms with Gasteiger partial charge in [0.1, 0.15) is 23.7 Å². The third-order valence-corrected chi connectivity index (χ3v) is 5.09. The van der Waals surface area contributed by atoms with E-state index in [1.165, 1.54) is 9.58 Å². The van der Waals surface area contributed by atoms with Crippen molar-refractivity contribution in [3.05, 3.63) is 65.4 Å². The number of hydrogen-bond acceptors (Lipinski definition) is 7. The number of amides is 2. The topological polar surface area (TPSA) is 136 Å². The summed E-state index contributed by atoms with van der Waals surface area (Å²) in [6, 6.07) is 11.9. The van der Waals surface area contributed by atoms with Crippen LogP contribution < -0.4 is 15.4 Å². The molecule has 174 valence electrons. The lowest BCUT2D eigenvalue weighted by Crippen LogP contribution is -2.37. The van der Waals surface area contributed by atoms with E-state index in [9.17, 15) is 14.7 Å². The molecule has 0 spiro atoms. The largest absolute Gasteiger partial charge is 0.487 e. The van der Waals surface area contributed by atoms with E-state index >= 15 is 0 Å². The third-order valence-electron chi connectivity index (χ3n) is 5.09. The number of rotatable bonds is 4. The minimum absolute atomic E-state index is 0.0457. The van der Waals surface area contributed by atoms with Crippen LogP contribution in [0.4, 0.5) is 5.82 Å². The van der Waals surface area contributed by atoms with Crippen LogP contribution in [0.25, 0.3) is 0 Å². The number of fused-ring (bicyclic) bond motifs is 1. The van der Waals surface area contributed by atoms with Crippen LogP contribution in [0.3, 0.4) is 0 Å². The highest BCUT2D eigenvalue weighted by molar-refractivity contribution is 5.97. The normalized spacial score (nSPS) is 15.6. The van der Waals surface area contributed by atoms with E-state index in [-0.39, 0.29) is 24.2 Å². The molecule has 1 aromatic carbocycles. The van der Waals surface area contributed by atoms with Gasteiger partial charge in [-0.1, -0.05) is 36.3 Å². The van der Waals surface area contributed by atoms with Crippen LogP contribution in [0.15, 0.2) is 42.5 Å².